The Morgan fingerprint density at radius 2 is 2.11 bits per heavy atom. The van der Waals surface area contributed by atoms with Gasteiger partial charge in [-0.1, -0.05) is 6.07 Å². The highest BCUT2D eigenvalue weighted by atomic mass is 32.2. The summed E-state index contributed by atoms with van der Waals surface area (Å²) in [6.45, 7) is 1.72. The first-order valence-electron chi connectivity index (χ1n) is 5.70. The van der Waals surface area contributed by atoms with Crippen LogP contribution in [0.3, 0.4) is 0 Å². The van der Waals surface area contributed by atoms with Crippen LogP contribution in [0.2, 0.25) is 0 Å². The standard InChI is InChI=1S/C12H11N5OS/c1-7(18)8-3-2-4-13-11(8)19-12-9-10(15-5-14-9)16-6-17-12/h2-7,18H,1H3,(H,14,15,16,17)/t7-/m1/s1. The fourth-order valence-electron chi connectivity index (χ4n) is 1.72. The molecule has 0 saturated carbocycles. The average Bonchev–Trinajstić information content (AvgIpc) is 2.88. The molecule has 19 heavy (non-hydrogen) atoms. The molecule has 0 aliphatic rings. The molecule has 0 radical (unpaired) electrons. The van der Waals surface area contributed by atoms with Crippen molar-refractivity contribution in [3.63, 3.8) is 0 Å². The number of rotatable bonds is 3. The lowest BCUT2D eigenvalue weighted by Crippen LogP contribution is -1.96. The number of nitrogens with zero attached hydrogens (tertiary/aromatic N) is 4. The summed E-state index contributed by atoms with van der Waals surface area (Å²) in [7, 11) is 0. The summed E-state index contributed by atoms with van der Waals surface area (Å²) < 4.78 is 0. The number of aromatic nitrogens is 5. The second-order valence-corrected chi connectivity index (χ2v) is 4.93. The number of imidazole rings is 1. The molecule has 0 spiro atoms. The number of hydrogen-bond donors (Lipinski definition) is 2. The van der Waals surface area contributed by atoms with E-state index in [1.807, 2.05) is 6.07 Å². The van der Waals surface area contributed by atoms with Gasteiger partial charge in [-0.25, -0.2) is 19.9 Å². The number of nitrogens with one attached hydrogen (secondary N) is 1. The fourth-order valence-corrected chi connectivity index (χ4v) is 2.72. The number of aliphatic hydroxyl groups is 1. The van der Waals surface area contributed by atoms with E-state index >= 15 is 0 Å². The summed E-state index contributed by atoms with van der Waals surface area (Å²) >= 11 is 1.38. The highest BCUT2D eigenvalue weighted by molar-refractivity contribution is 7.99. The van der Waals surface area contributed by atoms with Gasteiger partial charge in [-0.2, -0.15) is 0 Å². The number of hydrogen-bond acceptors (Lipinski definition) is 6. The van der Waals surface area contributed by atoms with Crippen LogP contribution in [-0.4, -0.2) is 30.0 Å². The Morgan fingerprint density at radius 1 is 1.21 bits per heavy atom. The first kappa shape index (κ1) is 12.1. The van der Waals surface area contributed by atoms with Gasteiger partial charge in [0.1, 0.15) is 21.9 Å². The SMILES string of the molecule is C[C@@H](O)c1cccnc1Sc1ncnc2nc[nH]c12. The third-order valence-corrected chi connectivity index (χ3v) is 3.67. The lowest BCUT2D eigenvalue weighted by molar-refractivity contribution is 0.195. The molecule has 3 aromatic rings. The fraction of sp³-hybridized carbons (Fsp3) is 0.167. The van der Waals surface area contributed by atoms with Gasteiger partial charge in [0.05, 0.1) is 12.4 Å². The monoisotopic (exact) mass is 273 g/mol. The van der Waals surface area contributed by atoms with Crippen LogP contribution in [0.25, 0.3) is 11.2 Å². The number of aromatic amines is 1. The molecular weight excluding hydrogens is 262 g/mol. The smallest absolute Gasteiger partial charge is 0.181 e. The molecule has 3 heterocycles. The van der Waals surface area contributed by atoms with E-state index in [2.05, 4.69) is 24.9 Å². The van der Waals surface area contributed by atoms with Crippen molar-refractivity contribution in [2.45, 2.75) is 23.1 Å². The molecule has 96 valence electrons. The summed E-state index contributed by atoms with van der Waals surface area (Å²) in [6.07, 6.45) is 4.17. The number of pyridine rings is 1. The van der Waals surface area contributed by atoms with Gasteiger partial charge in [-0.3, -0.25) is 0 Å². The van der Waals surface area contributed by atoms with Crippen molar-refractivity contribution in [1.29, 1.82) is 0 Å². The van der Waals surface area contributed by atoms with Gasteiger partial charge in [-0.05, 0) is 24.8 Å². The van der Waals surface area contributed by atoms with Gasteiger partial charge in [0.25, 0.3) is 0 Å². The van der Waals surface area contributed by atoms with Crippen molar-refractivity contribution >= 4 is 22.9 Å². The summed E-state index contributed by atoms with van der Waals surface area (Å²) in [6, 6.07) is 3.66. The Morgan fingerprint density at radius 3 is 2.95 bits per heavy atom. The van der Waals surface area contributed by atoms with Crippen LogP contribution < -0.4 is 0 Å². The van der Waals surface area contributed by atoms with Crippen molar-refractivity contribution < 1.29 is 5.11 Å². The van der Waals surface area contributed by atoms with E-state index in [0.29, 0.717) is 5.65 Å². The van der Waals surface area contributed by atoms with Gasteiger partial charge < -0.3 is 10.1 Å². The molecule has 1 atom stereocenters. The Labute approximate surface area is 113 Å². The minimum atomic E-state index is -0.574. The van der Waals surface area contributed by atoms with Crippen molar-refractivity contribution in [2.75, 3.05) is 0 Å². The molecule has 0 aromatic carbocycles. The summed E-state index contributed by atoms with van der Waals surface area (Å²) in [5.41, 5.74) is 2.17. The summed E-state index contributed by atoms with van der Waals surface area (Å²) in [5, 5.41) is 11.2. The van der Waals surface area contributed by atoms with Gasteiger partial charge in [0.2, 0.25) is 0 Å². The number of fused-ring (bicyclic) bond motifs is 1. The molecule has 0 amide bonds. The van der Waals surface area contributed by atoms with E-state index in [0.717, 1.165) is 21.1 Å². The van der Waals surface area contributed by atoms with Crippen molar-refractivity contribution in [3.05, 3.63) is 36.5 Å². The quantitative estimate of drug-likeness (QED) is 0.709. The lowest BCUT2D eigenvalue weighted by atomic mass is 10.2. The molecule has 2 N–H and O–H groups in total. The molecule has 0 bridgehead atoms. The van der Waals surface area contributed by atoms with Crippen molar-refractivity contribution in [1.82, 2.24) is 24.9 Å². The third kappa shape index (κ3) is 2.29. The van der Waals surface area contributed by atoms with Crippen LogP contribution in [0.1, 0.15) is 18.6 Å². The highest BCUT2D eigenvalue weighted by Crippen LogP contribution is 2.32. The van der Waals surface area contributed by atoms with Crippen LogP contribution in [0.5, 0.6) is 0 Å². The molecule has 6 nitrogen and oxygen atoms in total. The Balaban J connectivity index is 2.04. The third-order valence-electron chi connectivity index (χ3n) is 2.63. The zero-order chi connectivity index (χ0) is 13.2. The minimum absolute atomic E-state index is 0.574. The van der Waals surface area contributed by atoms with E-state index < -0.39 is 6.10 Å². The largest absolute Gasteiger partial charge is 0.389 e. The van der Waals surface area contributed by atoms with Crippen LogP contribution in [0.15, 0.2) is 41.0 Å². The Kier molecular flexibility index (Phi) is 3.14. The molecule has 3 aromatic heterocycles. The van der Waals surface area contributed by atoms with E-state index in [-0.39, 0.29) is 0 Å². The van der Waals surface area contributed by atoms with Crippen LogP contribution in [-0.2, 0) is 0 Å². The molecule has 3 rings (SSSR count). The maximum atomic E-state index is 9.75. The molecule has 0 unspecified atom stereocenters. The molecule has 0 fully saturated rings. The number of H-pyrrole nitrogens is 1. The van der Waals surface area contributed by atoms with Gasteiger partial charge in [-0.15, -0.1) is 0 Å². The average molecular weight is 273 g/mol. The van der Waals surface area contributed by atoms with E-state index in [1.165, 1.54) is 18.1 Å². The maximum absolute atomic E-state index is 9.75. The summed E-state index contributed by atoms with van der Waals surface area (Å²) in [4.78, 5) is 19.7. The molecular formula is C12H11N5OS. The second-order valence-electron chi connectivity index (χ2n) is 3.96. The van der Waals surface area contributed by atoms with Crippen LogP contribution in [0.4, 0.5) is 0 Å². The predicted molar refractivity (Wildman–Crippen MR) is 70.7 cm³/mol. The van der Waals surface area contributed by atoms with Gasteiger partial charge in [0, 0.05) is 11.8 Å². The summed E-state index contributed by atoms with van der Waals surface area (Å²) in [5.74, 6) is 0. The predicted octanol–water partition coefficient (Wildman–Crippen LogP) is 1.95. The van der Waals surface area contributed by atoms with Crippen LogP contribution >= 0.6 is 11.8 Å². The first-order chi connectivity index (χ1) is 9.25. The Hall–Kier alpha value is -1.99. The van der Waals surface area contributed by atoms with Crippen LogP contribution in [0, 0.1) is 0 Å². The molecule has 0 aliphatic heterocycles. The zero-order valence-corrected chi connectivity index (χ0v) is 10.9. The van der Waals surface area contributed by atoms with E-state index in [9.17, 15) is 5.11 Å². The normalized spacial score (nSPS) is 12.7. The second kappa shape index (κ2) is 4.94. The van der Waals surface area contributed by atoms with Crippen molar-refractivity contribution in [2.24, 2.45) is 0 Å². The van der Waals surface area contributed by atoms with Gasteiger partial charge in [0.15, 0.2) is 5.65 Å². The zero-order valence-electron chi connectivity index (χ0n) is 10.1. The van der Waals surface area contributed by atoms with E-state index in [1.54, 1.807) is 25.5 Å². The highest BCUT2D eigenvalue weighted by Gasteiger charge is 2.13. The lowest BCUT2D eigenvalue weighted by Gasteiger charge is -2.09. The first-order valence-corrected chi connectivity index (χ1v) is 6.52. The minimum Gasteiger partial charge on any atom is -0.389 e. The van der Waals surface area contributed by atoms with E-state index in [4.69, 9.17) is 0 Å². The Bertz CT molecular complexity index is 712. The topological polar surface area (TPSA) is 87.6 Å². The maximum Gasteiger partial charge on any atom is 0.181 e. The molecule has 7 heteroatoms. The van der Waals surface area contributed by atoms with Crippen molar-refractivity contribution in [3.8, 4) is 0 Å². The molecule has 0 saturated heterocycles. The molecule has 0 aliphatic carbocycles. The van der Waals surface area contributed by atoms with Gasteiger partial charge >= 0.3 is 0 Å². The number of aliphatic hydroxyl groups excluding tert-OH is 1.